The Morgan fingerprint density at radius 1 is 1.11 bits per heavy atom. The Hall–Kier alpha value is -0.860. The van der Waals surface area contributed by atoms with Crippen LogP contribution in [-0.2, 0) is 12.0 Å². The predicted octanol–water partition coefficient (Wildman–Crippen LogP) is 3.03. The third kappa shape index (κ3) is 5.19. The molecule has 0 aromatic heterocycles. The highest BCUT2D eigenvalue weighted by Crippen LogP contribution is 2.21. The highest BCUT2D eigenvalue weighted by molar-refractivity contribution is 5.27. The van der Waals surface area contributed by atoms with E-state index in [4.69, 9.17) is 0 Å². The molecule has 0 saturated carbocycles. The fourth-order valence-corrected chi connectivity index (χ4v) is 1.78. The smallest absolute Gasteiger partial charge is 0.0206 e. The molecule has 1 aromatic carbocycles. The number of likely N-dealkylation sites (N-methyl/N-ethyl adjacent to an activating group) is 1. The number of nitrogens with zero attached hydrogens (tertiary/aromatic N) is 1. The maximum atomic E-state index is 3.48. The predicted molar refractivity (Wildman–Crippen MR) is 80.0 cm³/mol. The van der Waals surface area contributed by atoms with Gasteiger partial charge in [0.15, 0.2) is 0 Å². The van der Waals surface area contributed by atoms with E-state index in [0.29, 0.717) is 0 Å². The molecule has 0 amide bonds. The van der Waals surface area contributed by atoms with Crippen molar-refractivity contribution >= 4 is 0 Å². The minimum absolute atomic E-state index is 0.246. The van der Waals surface area contributed by atoms with Gasteiger partial charge in [-0.05, 0) is 30.1 Å². The first-order valence-corrected chi connectivity index (χ1v) is 6.92. The highest BCUT2D eigenvalue weighted by Gasteiger charge is 2.12. The van der Waals surface area contributed by atoms with Crippen LogP contribution in [0.1, 0.15) is 38.8 Å². The average Bonchev–Trinajstić information content (AvgIpc) is 2.33. The van der Waals surface area contributed by atoms with Gasteiger partial charge in [-0.2, -0.15) is 0 Å². The van der Waals surface area contributed by atoms with E-state index in [1.165, 1.54) is 11.1 Å². The van der Waals surface area contributed by atoms with E-state index in [0.717, 1.165) is 26.2 Å². The lowest BCUT2D eigenvalue weighted by Gasteiger charge is -2.19. The van der Waals surface area contributed by atoms with Crippen molar-refractivity contribution in [2.45, 2.75) is 39.7 Å². The van der Waals surface area contributed by atoms with Gasteiger partial charge in [0, 0.05) is 19.6 Å². The minimum Gasteiger partial charge on any atom is -0.311 e. The maximum Gasteiger partial charge on any atom is 0.0206 e. The molecule has 0 aliphatic rings. The molecule has 0 heterocycles. The van der Waals surface area contributed by atoms with Crippen molar-refractivity contribution in [2.75, 3.05) is 26.7 Å². The van der Waals surface area contributed by atoms with Crippen molar-refractivity contribution in [3.63, 3.8) is 0 Å². The van der Waals surface area contributed by atoms with Crippen LogP contribution in [0.2, 0.25) is 0 Å². The van der Waals surface area contributed by atoms with Crippen LogP contribution in [-0.4, -0.2) is 31.6 Å². The molecular weight excluding hydrogens is 220 g/mol. The molecule has 0 aliphatic heterocycles. The normalized spacial score (nSPS) is 12.1. The molecule has 0 bridgehead atoms. The van der Waals surface area contributed by atoms with Crippen LogP contribution in [0.3, 0.4) is 0 Å². The van der Waals surface area contributed by atoms with Crippen LogP contribution >= 0.6 is 0 Å². The van der Waals surface area contributed by atoms with E-state index in [1.54, 1.807) is 0 Å². The molecule has 1 rings (SSSR count). The second-order valence-corrected chi connectivity index (χ2v) is 6.02. The summed E-state index contributed by atoms with van der Waals surface area (Å²) in [7, 11) is 2.15. The van der Waals surface area contributed by atoms with Crippen LogP contribution < -0.4 is 5.32 Å². The monoisotopic (exact) mass is 248 g/mol. The fraction of sp³-hybridized carbons (Fsp3) is 0.625. The third-order valence-corrected chi connectivity index (χ3v) is 3.36. The Kier molecular flexibility index (Phi) is 5.83. The zero-order chi connectivity index (χ0) is 13.6. The molecule has 0 fully saturated rings. The Balaban J connectivity index is 2.36. The number of rotatable bonds is 6. The summed E-state index contributed by atoms with van der Waals surface area (Å²) in [5.74, 6) is 0. The second-order valence-electron chi connectivity index (χ2n) is 6.02. The summed E-state index contributed by atoms with van der Waals surface area (Å²) < 4.78 is 0. The van der Waals surface area contributed by atoms with Gasteiger partial charge in [0.25, 0.3) is 0 Å². The summed E-state index contributed by atoms with van der Waals surface area (Å²) in [6.45, 7) is 13.2. The third-order valence-electron chi connectivity index (χ3n) is 3.36. The Labute approximate surface area is 112 Å². The molecule has 2 nitrogen and oxygen atoms in total. The summed E-state index contributed by atoms with van der Waals surface area (Å²) in [6.07, 6.45) is 0. The van der Waals surface area contributed by atoms with Crippen molar-refractivity contribution in [3.05, 3.63) is 35.4 Å². The van der Waals surface area contributed by atoms with Gasteiger partial charge in [-0.25, -0.2) is 0 Å². The number of nitrogens with one attached hydrogen (secondary N) is 1. The van der Waals surface area contributed by atoms with Gasteiger partial charge in [0.05, 0.1) is 0 Å². The summed E-state index contributed by atoms with van der Waals surface area (Å²) in [6, 6.07) is 8.96. The van der Waals surface area contributed by atoms with Gasteiger partial charge in [-0.3, -0.25) is 0 Å². The summed E-state index contributed by atoms with van der Waals surface area (Å²) >= 11 is 0. The highest BCUT2D eigenvalue weighted by atomic mass is 15.1. The fourth-order valence-electron chi connectivity index (χ4n) is 1.78. The zero-order valence-electron chi connectivity index (χ0n) is 12.6. The number of hydrogen-bond donors (Lipinski definition) is 1. The summed E-state index contributed by atoms with van der Waals surface area (Å²) in [5.41, 5.74) is 3.01. The van der Waals surface area contributed by atoms with E-state index >= 15 is 0 Å². The second kappa shape index (κ2) is 6.91. The van der Waals surface area contributed by atoms with Gasteiger partial charge < -0.3 is 10.2 Å². The van der Waals surface area contributed by atoms with Crippen LogP contribution in [0.15, 0.2) is 24.3 Å². The van der Waals surface area contributed by atoms with Crippen LogP contribution in [0.25, 0.3) is 0 Å². The molecule has 0 aliphatic carbocycles. The first-order chi connectivity index (χ1) is 8.43. The summed E-state index contributed by atoms with van der Waals surface area (Å²) in [4.78, 5) is 2.32. The number of hydrogen-bond acceptors (Lipinski definition) is 2. The largest absolute Gasteiger partial charge is 0.311 e. The molecule has 2 heteroatoms. The lowest BCUT2D eigenvalue weighted by Crippen LogP contribution is -2.28. The van der Waals surface area contributed by atoms with Crippen molar-refractivity contribution < 1.29 is 0 Å². The van der Waals surface area contributed by atoms with Gasteiger partial charge >= 0.3 is 0 Å². The lowest BCUT2D eigenvalue weighted by atomic mass is 9.87. The number of benzene rings is 1. The van der Waals surface area contributed by atoms with E-state index in [9.17, 15) is 0 Å². The molecule has 0 spiro atoms. The van der Waals surface area contributed by atoms with Gasteiger partial charge in [-0.15, -0.1) is 0 Å². The molecule has 0 saturated heterocycles. The molecule has 0 unspecified atom stereocenters. The molecule has 18 heavy (non-hydrogen) atoms. The topological polar surface area (TPSA) is 15.3 Å². The first-order valence-electron chi connectivity index (χ1n) is 6.92. The van der Waals surface area contributed by atoms with Crippen molar-refractivity contribution in [3.8, 4) is 0 Å². The molecule has 102 valence electrons. The van der Waals surface area contributed by atoms with Crippen LogP contribution in [0, 0.1) is 0 Å². The maximum absolute atomic E-state index is 3.48. The first kappa shape index (κ1) is 15.2. The van der Waals surface area contributed by atoms with Crippen molar-refractivity contribution in [1.82, 2.24) is 10.2 Å². The quantitative estimate of drug-likeness (QED) is 0.779. The summed E-state index contributed by atoms with van der Waals surface area (Å²) in [5, 5.41) is 3.48. The molecule has 1 aromatic rings. The standard InChI is InChI=1S/C16H28N2/c1-6-18(5)12-11-17-13-14-7-9-15(10-8-14)16(2,3)4/h7-10,17H,6,11-13H2,1-5H3. The van der Waals surface area contributed by atoms with E-state index in [-0.39, 0.29) is 5.41 Å². The van der Waals surface area contributed by atoms with Gasteiger partial charge in [-0.1, -0.05) is 52.0 Å². The Morgan fingerprint density at radius 2 is 1.72 bits per heavy atom. The molecule has 0 radical (unpaired) electrons. The molecule has 1 N–H and O–H groups in total. The molecular formula is C16H28N2. The molecule has 0 atom stereocenters. The van der Waals surface area contributed by atoms with Crippen LogP contribution in [0.4, 0.5) is 0 Å². The van der Waals surface area contributed by atoms with E-state index in [2.05, 4.69) is 69.2 Å². The minimum atomic E-state index is 0.246. The van der Waals surface area contributed by atoms with E-state index in [1.807, 2.05) is 0 Å². The van der Waals surface area contributed by atoms with Gasteiger partial charge in [0.1, 0.15) is 0 Å². The van der Waals surface area contributed by atoms with Gasteiger partial charge in [0.2, 0.25) is 0 Å². The van der Waals surface area contributed by atoms with E-state index < -0.39 is 0 Å². The Morgan fingerprint density at radius 3 is 2.22 bits per heavy atom. The van der Waals surface area contributed by atoms with Crippen LogP contribution in [0.5, 0.6) is 0 Å². The Bertz CT molecular complexity index is 335. The lowest BCUT2D eigenvalue weighted by molar-refractivity contribution is 0.349. The van der Waals surface area contributed by atoms with Crippen molar-refractivity contribution in [2.24, 2.45) is 0 Å². The average molecular weight is 248 g/mol. The SMILES string of the molecule is CCN(C)CCNCc1ccc(C(C)(C)C)cc1. The van der Waals surface area contributed by atoms with Crippen molar-refractivity contribution in [1.29, 1.82) is 0 Å². The zero-order valence-corrected chi connectivity index (χ0v) is 12.6.